The van der Waals surface area contributed by atoms with Gasteiger partial charge in [-0.3, -0.25) is 14.9 Å². The van der Waals surface area contributed by atoms with Gasteiger partial charge >= 0.3 is 5.69 Å². The molecule has 2 aromatic rings. The Hall–Kier alpha value is -2.44. The van der Waals surface area contributed by atoms with E-state index in [1.807, 2.05) is 49.3 Å². The minimum Gasteiger partial charge on any atom is -0.350 e. The van der Waals surface area contributed by atoms with Crippen LogP contribution in [-0.2, 0) is 0 Å². The highest BCUT2D eigenvalue weighted by Crippen LogP contribution is 2.28. The van der Waals surface area contributed by atoms with Crippen molar-refractivity contribution < 1.29 is 9.72 Å². The quantitative estimate of drug-likeness (QED) is 0.642. The maximum atomic E-state index is 12.4. The molecule has 2 rings (SSSR count). The van der Waals surface area contributed by atoms with E-state index in [1.54, 1.807) is 0 Å². The van der Waals surface area contributed by atoms with Crippen LogP contribution in [0.1, 0.15) is 22.0 Å². The molecule has 1 unspecified atom stereocenters. The second kappa shape index (κ2) is 7.90. The highest BCUT2D eigenvalue weighted by Gasteiger charge is 2.24. The minimum absolute atomic E-state index is 0.0435. The van der Waals surface area contributed by atoms with Crippen LogP contribution in [0.5, 0.6) is 0 Å². The summed E-state index contributed by atoms with van der Waals surface area (Å²) in [5.41, 5.74) is 0.624. The predicted octanol–water partition coefficient (Wildman–Crippen LogP) is 3.28. The van der Waals surface area contributed by atoms with Gasteiger partial charge in [0.15, 0.2) is 0 Å². The molecule has 0 aliphatic rings. The number of amides is 1. The number of nitrogens with zero attached hydrogens (tertiary/aromatic N) is 2. The molecular weight excluding hydrogens is 330 g/mol. The average Bonchev–Trinajstić information content (AvgIpc) is 2.55. The van der Waals surface area contributed by atoms with Crippen LogP contribution in [0.15, 0.2) is 48.5 Å². The van der Waals surface area contributed by atoms with Crippen molar-refractivity contribution in [2.24, 2.45) is 0 Å². The van der Waals surface area contributed by atoms with Crippen LogP contribution in [0.4, 0.5) is 5.69 Å². The smallest absolute Gasteiger partial charge is 0.300 e. The van der Waals surface area contributed by atoms with E-state index in [4.69, 9.17) is 11.6 Å². The summed E-state index contributed by atoms with van der Waals surface area (Å²) >= 11 is 5.85. The first-order valence-electron chi connectivity index (χ1n) is 7.34. The Balaban J connectivity index is 2.18. The Morgan fingerprint density at radius 2 is 1.88 bits per heavy atom. The fourth-order valence-corrected chi connectivity index (χ4v) is 2.69. The third-order valence-electron chi connectivity index (χ3n) is 3.68. The largest absolute Gasteiger partial charge is 0.350 e. The summed E-state index contributed by atoms with van der Waals surface area (Å²) in [6.45, 7) is 0.319. The van der Waals surface area contributed by atoms with Gasteiger partial charge in [0.05, 0.1) is 11.0 Å². The minimum atomic E-state index is -0.641. The van der Waals surface area contributed by atoms with Crippen molar-refractivity contribution in [1.82, 2.24) is 10.2 Å². The van der Waals surface area contributed by atoms with E-state index in [2.05, 4.69) is 5.32 Å². The van der Waals surface area contributed by atoms with Gasteiger partial charge in [0.1, 0.15) is 10.6 Å². The number of hydrogen-bond acceptors (Lipinski definition) is 4. The van der Waals surface area contributed by atoms with E-state index in [-0.39, 0.29) is 22.3 Å². The van der Waals surface area contributed by atoms with Crippen molar-refractivity contribution in [1.29, 1.82) is 0 Å². The van der Waals surface area contributed by atoms with E-state index in [0.29, 0.717) is 6.54 Å². The number of nitro benzene ring substituents is 1. The molecule has 0 bridgehead atoms. The summed E-state index contributed by atoms with van der Waals surface area (Å²) in [4.78, 5) is 24.9. The normalized spacial score (nSPS) is 12.0. The van der Waals surface area contributed by atoms with Crippen LogP contribution in [0, 0.1) is 10.1 Å². The molecule has 0 aliphatic heterocycles. The first-order valence-corrected chi connectivity index (χ1v) is 7.72. The molecule has 2 aromatic carbocycles. The Kier molecular flexibility index (Phi) is 5.89. The second-order valence-corrected chi connectivity index (χ2v) is 5.90. The SMILES string of the molecule is CN(C)C(CNC(=O)c1cccc(Cl)c1[N+](=O)[O-])c1ccccc1. The maximum absolute atomic E-state index is 12.4. The van der Waals surface area contributed by atoms with Crippen molar-refractivity contribution >= 4 is 23.2 Å². The van der Waals surface area contributed by atoms with E-state index < -0.39 is 10.8 Å². The van der Waals surface area contributed by atoms with Crippen LogP contribution in [0.2, 0.25) is 5.02 Å². The maximum Gasteiger partial charge on any atom is 0.300 e. The number of benzene rings is 2. The average molecular weight is 348 g/mol. The lowest BCUT2D eigenvalue weighted by Gasteiger charge is -2.25. The van der Waals surface area contributed by atoms with Gasteiger partial charge in [-0.2, -0.15) is 0 Å². The monoisotopic (exact) mass is 347 g/mol. The molecule has 1 amide bonds. The van der Waals surface area contributed by atoms with Crippen LogP contribution in [0.25, 0.3) is 0 Å². The first-order chi connectivity index (χ1) is 11.4. The van der Waals surface area contributed by atoms with Crippen molar-refractivity contribution in [3.8, 4) is 0 Å². The van der Waals surface area contributed by atoms with Crippen molar-refractivity contribution in [2.45, 2.75) is 6.04 Å². The predicted molar refractivity (Wildman–Crippen MR) is 93.3 cm³/mol. The van der Waals surface area contributed by atoms with Crippen LogP contribution >= 0.6 is 11.6 Å². The lowest BCUT2D eigenvalue weighted by molar-refractivity contribution is -0.385. The van der Waals surface area contributed by atoms with Crippen LogP contribution in [-0.4, -0.2) is 36.4 Å². The molecule has 6 nitrogen and oxygen atoms in total. The number of rotatable bonds is 6. The second-order valence-electron chi connectivity index (χ2n) is 5.49. The topological polar surface area (TPSA) is 75.5 Å². The number of nitrogens with one attached hydrogen (secondary N) is 1. The zero-order valence-corrected chi connectivity index (χ0v) is 14.2. The zero-order chi connectivity index (χ0) is 17.7. The molecule has 0 aromatic heterocycles. The molecule has 0 heterocycles. The van der Waals surface area contributed by atoms with E-state index in [9.17, 15) is 14.9 Å². The molecule has 0 fully saturated rings. The highest BCUT2D eigenvalue weighted by atomic mass is 35.5. The van der Waals surface area contributed by atoms with Crippen molar-refractivity contribution in [2.75, 3.05) is 20.6 Å². The van der Waals surface area contributed by atoms with Gasteiger partial charge in [-0.25, -0.2) is 0 Å². The summed E-state index contributed by atoms with van der Waals surface area (Å²) < 4.78 is 0. The molecule has 0 spiro atoms. The van der Waals surface area contributed by atoms with Gasteiger partial charge in [0.25, 0.3) is 5.91 Å². The number of carbonyl (C=O) groups excluding carboxylic acids is 1. The molecule has 7 heteroatoms. The van der Waals surface area contributed by atoms with Gasteiger partial charge in [0, 0.05) is 6.54 Å². The first kappa shape index (κ1) is 17.9. The summed E-state index contributed by atoms with van der Waals surface area (Å²) in [5, 5.41) is 13.8. The molecule has 0 aliphatic carbocycles. The zero-order valence-electron chi connectivity index (χ0n) is 13.4. The third kappa shape index (κ3) is 4.10. The summed E-state index contributed by atoms with van der Waals surface area (Å²) in [7, 11) is 3.82. The fourth-order valence-electron chi connectivity index (χ4n) is 2.44. The Labute approximate surface area is 145 Å². The van der Waals surface area contributed by atoms with Gasteiger partial charge in [-0.1, -0.05) is 48.0 Å². The van der Waals surface area contributed by atoms with E-state index in [1.165, 1.54) is 18.2 Å². The number of likely N-dealkylation sites (N-methyl/N-ethyl adjacent to an activating group) is 1. The van der Waals surface area contributed by atoms with Crippen molar-refractivity contribution in [3.63, 3.8) is 0 Å². The lowest BCUT2D eigenvalue weighted by Crippen LogP contribution is -2.34. The Morgan fingerprint density at radius 3 is 2.46 bits per heavy atom. The van der Waals surface area contributed by atoms with E-state index >= 15 is 0 Å². The summed E-state index contributed by atoms with van der Waals surface area (Å²) in [6, 6.07) is 14.0. The van der Waals surface area contributed by atoms with Gasteiger partial charge in [0.2, 0.25) is 0 Å². The van der Waals surface area contributed by atoms with Gasteiger partial charge in [-0.05, 0) is 31.8 Å². The highest BCUT2D eigenvalue weighted by molar-refractivity contribution is 6.33. The third-order valence-corrected chi connectivity index (χ3v) is 3.98. The molecule has 126 valence electrons. The molecule has 0 saturated heterocycles. The van der Waals surface area contributed by atoms with Crippen LogP contribution in [0.3, 0.4) is 0 Å². The standard InChI is InChI=1S/C17H18ClN3O3/c1-20(2)15(12-7-4-3-5-8-12)11-19-17(22)13-9-6-10-14(18)16(13)21(23)24/h3-10,15H,11H2,1-2H3,(H,19,22). The number of hydrogen-bond donors (Lipinski definition) is 1. The lowest BCUT2D eigenvalue weighted by atomic mass is 10.1. The molecule has 0 radical (unpaired) electrons. The number of carbonyl (C=O) groups is 1. The fraction of sp³-hybridized carbons (Fsp3) is 0.235. The van der Waals surface area contributed by atoms with Gasteiger partial charge in [-0.15, -0.1) is 0 Å². The number of para-hydroxylation sites is 1. The molecule has 24 heavy (non-hydrogen) atoms. The van der Waals surface area contributed by atoms with Crippen LogP contribution < -0.4 is 5.32 Å². The molecule has 1 atom stereocenters. The van der Waals surface area contributed by atoms with E-state index in [0.717, 1.165) is 5.56 Å². The number of halogens is 1. The molecular formula is C17H18ClN3O3. The Morgan fingerprint density at radius 1 is 1.21 bits per heavy atom. The Bertz CT molecular complexity index is 735. The van der Waals surface area contributed by atoms with Gasteiger partial charge < -0.3 is 10.2 Å². The molecule has 1 N–H and O–H groups in total. The molecule has 0 saturated carbocycles. The number of nitro groups is 1. The van der Waals surface area contributed by atoms with Crippen molar-refractivity contribution in [3.05, 3.63) is 74.8 Å². The summed E-state index contributed by atoms with van der Waals surface area (Å²) in [6.07, 6.45) is 0. The summed E-state index contributed by atoms with van der Waals surface area (Å²) in [5.74, 6) is -0.521.